The van der Waals surface area contributed by atoms with E-state index in [1.54, 1.807) is 27.9 Å². The van der Waals surface area contributed by atoms with Crippen molar-refractivity contribution in [1.29, 1.82) is 0 Å². The van der Waals surface area contributed by atoms with Crippen molar-refractivity contribution in [3.8, 4) is 0 Å². The molecule has 0 saturated heterocycles. The summed E-state index contributed by atoms with van der Waals surface area (Å²) in [7, 11) is 3.26. The molecule has 1 N–H and O–H groups in total. The van der Waals surface area contributed by atoms with Gasteiger partial charge in [-0.3, -0.25) is 0 Å². The van der Waals surface area contributed by atoms with Gasteiger partial charge in [0, 0.05) is 19.5 Å². The van der Waals surface area contributed by atoms with E-state index >= 15 is 0 Å². The number of rotatable bonds is 5. The van der Waals surface area contributed by atoms with E-state index in [-0.39, 0.29) is 23.1 Å². The van der Waals surface area contributed by atoms with Crippen LogP contribution in [0.1, 0.15) is 40.4 Å². The van der Waals surface area contributed by atoms with Gasteiger partial charge in [-0.05, 0) is 13.8 Å². The van der Waals surface area contributed by atoms with Crippen molar-refractivity contribution in [2.75, 3.05) is 32.9 Å². The lowest BCUT2D eigenvalue weighted by atomic mass is 9.96. The van der Waals surface area contributed by atoms with Gasteiger partial charge in [0.25, 0.3) is 0 Å². The SMILES string of the molecule is CC[N+](O)(CC)C(=O)CSc1nc(C(C)(C)C)nn1C(=O)N(C)C. The molecule has 0 aliphatic heterocycles. The first-order chi connectivity index (χ1) is 11.0. The van der Waals surface area contributed by atoms with E-state index in [0.717, 1.165) is 11.8 Å². The van der Waals surface area contributed by atoms with Gasteiger partial charge in [-0.25, -0.2) is 19.8 Å². The molecule has 0 saturated carbocycles. The van der Waals surface area contributed by atoms with E-state index in [0.29, 0.717) is 24.1 Å². The van der Waals surface area contributed by atoms with Gasteiger partial charge in [0.1, 0.15) is 18.8 Å². The summed E-state index contributed by atoms with van der Waals surface area (Å²) in [6.07, 6.45) is 0. The summed E-state index contributed by atoms with van der Waals surface area (Å²) < 4.78 is 0.581. The molecule has 0 aromatic carbocycles. The molecule has 0 aliphatic carbocycles. The van der Waals surface area contributed by atoms with Crippen molar-refractivity contribution in [3.63, 3.8) is 0 Å². The normalized spacial score (nSPS) is 12.3. The third-order valence-electron chi connectivity index (χ3n) is 3.65. The van der Waals surface area contributed by atoms with Crippen LogP contribution in [0, 0.1) is 0 Å². The maximum atomic E-state index is 12.3. The van der Waals surface area contributed by atoms with Gasteiger partial charge in [0.15, 0.2) is 11.0 Å². The van der Waals surface area contributed by atoms with Crippen LogP contribution < -0.4 is 0 Å². The fourth-order valence-corrected chi connectivity index (χ4v) is 2.73. The monoisotopic (exact) mass is 358 g/mol. The summed E-state index contributed by atoms with van der Waals surface area (Å²) in [5, 5.41) is 14.9. The molecular formula is C15H28N5O3S+. The van der Waals surface area contributed by atoms with Gasteiger partial charge >= 0.3 is 11.9 Å². The van der Waals surface area contributed by atoms with E-state index in [9.17, 15) is 14.8 Å². The predicted octanol–water partition coefficient (Wildman–Crippen LogP) is 1.97. The lowest BCUT2D eigenvalue weighted by molar-refractivity contribution is -1.04. The summed E-state index contributed by atoms with van der Waals surface area (Å²) in [6, 6.07) is -0.330. The van der Waals surface area contributed by atoms with E-state index < -0.39 is 4.65 Å². The average Bonchev–Trinajstić information content (AvgIpc) is 2.95. The van der Waals surface area contributed by atoms with E-state index in [1.165, 1.54) is 9.58 Å². The second-order valence-electron chi connectivity index (χ2n) is 6.79. The van der Waals surface area contributed by atoms with Crippen LogP contribution in [0.5, 0.6) is 0 Å². The molecule has 0 atom stereocenters. The molecule has 24 heavy (non-hydrogen) atoms. The summed E-state index contributed by atoms with van der Waals surface area (Å²) in [5.74, 6) is 0.221. The Labute approximate surface area is 147 Å². The highest BCUT2D eigenvalue weighted by Gasteiger charge is 2.33. The first kappa shape index (κ1) is 20.6. The van der Waals surface area contributed by atoms with Crippen molar-refractivity contribution >= 4 is 23.7 Å². The van der Waals surface area contributed by atoms with Crippen molar-refractivity contribution in [2.24, 2.45) is 0 Å². The molecule has 1 aromatic rings. The van der Waals surface area contributed by atoms with Gasteiger partial charge in [0.2, 0.25) is 0 Å². The zero-order valence-corrected chi connectivity index (χ0v) is 16.3. The molecule has 1 aromatic heterocycles. The minimum atomic E-state index is -0.630. The summed E-state index contributed by atoms with van der Waals surface area (Å²) in [5.41, 5.74) is -0.319. The number of carbonyl (C=O) groups excluding carboxylic acids is 2. The van der Waals surface area contributed by atoms with Gasteiger partial charge in [-0.2, -0.15) is 4.68 Å². The molecule has 0 radical (unpaired) electrons. The Morgan fingerprint density at radius 3 is 2.21 bits per heavy atom. The van der Waals surface area contributed by atoms with E-state index in [2.05, 4.69) is 10.1 Å². The molecule has 0 fully saturated rings. The van der Waals surface area contributed by atoms with Gasteiger partial charge < -0.3 is 4.90 Å². The Kier molecular flexibility index (Phi) is 6.54. The number of carbonyl (C=O) groups is 2. The first-order valence-electron chi connectivity index (χ1n) is 7.91. The standard InChI is InChI=1S/C15H28N5O3S/c1-8-20(23,9-2)11(21)10-24-13-16-12(15(3,4)5)17-19(13)14(22)18(6)7/h23H,8-10H2,1-7H3/q+1. The topological polar surface area (TPSA) is 88.3 Å². The van der Waals surface area contributed by atoms with Crippen LogP contribution in [0.2, 0.25) is 0 Å². The Balaban J connectivity index is 3.08. The maximum Gasteiger partial charge on any atom is 0.355 e. The van der Waals surface area contributed by atoms with Crippen LogP contribution in [-0.2, 0) is 10.2 Å². The number of aromatic nitrogens is 3. The second kappa shape index (κ2) is 7.62. The van der Waals surface area contributed by atoms with Crippen molar-refractivity contribution in [1.82, 2.24) is 19.7 Å². The Bertz CT molecular complexity index is 603. The molecule has 0 spiro atoms. The fourth-order valence-electron chi connectivity index (χ4n) is 1.85. The van der Waals surface area contributed by atoms with Crippen LogP contribution in [0.25, 0.3) is 0 Å². The van der Waals surface area contributed by atoms with Crippen LogP contribution in [0.4, 0.5) is 4.79 Å². The van der Waals surface area contributed by atoms with Crippen molar-refractivity contribution in [2.45, 2.75) is 45.2 Å². The third-order valence-corrected chi connectivity index (χ3v) is 4.56. The van der Waals surface area contributed by atoms with E-state index in [1.807, 2.05) is 20.8 Å². The Morgan fingerprint density at radius 2 is 1.79 bits per heavy atom. The van der Waals surface area contributed by atoms with Crippen LogP contribution in [0.15, 0.2) is 5.16 Å². The van der Waals surface area contributed by atoms with Crippen molar-refractivity contribution in [3.05, 3.63) is 5.82 Å². The number of amides is 2. The quantitative estimate of drug-likeness (QED) is 0.375. The number of hydrogen-bond donors (Lipinski definition) is 1. The van der Waals surface area contributed by atoms with Crippen LogP contribution >= 0.6 is 11.8 Å². The summed E-state index contributed by atoms with van der Waals surface area (Å²) in [6.45, 7) is 9.96. The number of thioether (sulfide) groups is 1. The molecule has 2 amide bonds. The Morgan fingerprint density at radius 1 is 1.25 bits per heavy atom. The lowest BCUT2D eigenvalue weighted by Gasteiger charge is -2.24. The largest absolute Gasteiger partial charge is 0.355 e. The summed E-state index contributed by atoms with van der Waals surface area (Å²) in [4.78, 5) is 30.4. The zero-order valence-electron chi connectivity index (χ0n) is 15.5. The smallest absolute Gasteiger partial charge is 0.329 e. The molecule has 136 valence electrons. The molecule has 0 unspecified atom stereocenters. The minimum absolute atomic E-state index is 0.0150. The Hall–Kier alpha value is -1.45. The second-order valence-corrected chi connectivity index (χ2v) is 7.74. The van der Waals surface area contributed by atoms with Crippen LogP contribution in [-0.4, -0.2) is 74.4 Å². The highest BCUT2D eigenvalue weighted by molar-refractivity contribution is 7.99. The molecule has 0 aliphatic rings. The average molecular weight is 358 g/mol. The molecule has 8 nitrogen and oxygen atoms in total. The van der Waals surface area contributed by atoms with Crippen LogP contribution in [0.3, 0.4) is 0 Å². The lowest BCUT2D eigenvalue weighted by Crippen LogP contribution is -2.50. The molecule has 1 heterocycles. The van der Waals surface area contributed by atoms with Gasteiger partial charge in [0.05, 0.1) is 0 Å². The highest BCUT2D eigenvalue weighted by atomic mass is 32.2. The van der Waals surface area contributed by atoms with E-state index in [4.69, 9.17) is 0 Å². The molecule has 9 heteroatoms. The fraction of sp³-hybridized carbons (Fsp3) is 0.733. The first-order valence-corrected chi connectivity index (χ1v) is 8.90. The number of quaternary nitrogens is 1. The molecular weight excluding hydrogens is 330 g/mol. The molecule has 1 rings (SSSR count). The van der Waals surface area contributed by atoms with Gasteiger partial charge in [-0.15, -0.1) is 9.75 Å². The minimum Gasteiger partial charge on any atom is -0.329 e. The van der Waals surface area contributed by atoms with Gasteiger partial charge in [-0.1, -0.05) is 32.5 Å². The number of nitrogens with zero attached hydrogens (tertiary/aromatic N) is 5. The predicted molar refractivity (Wildman–Crippen MR) is 92.1 cm³/mol. The summed E-state index contributed by atoms with van der Waals surface area (Å²) >= 11 is 1.11. The number of hydrogen-bond acceptors (Lipinski definition) is 6. The number of hydroxylamine groups is 3. The zero-order chi connectivity index (χ0) is 18.7. The highest BCUT2D eigenvalue weighted by Crippen LogP contribution is 2.24. The third kappa shape index (κ3) is 4.55. The van der Waals surface area contributed by atoms with Crippen molar-refractivity contribution < 1.29 is 19.4 Å². The maximum absolute atomic E-state index is 12.3. The molecule has 0 bridgehead atoms.